The van der Waals surface area contributed by atoms with Crippen molar-refractivity contribution in [3.8, 4) is 17.0 Å². The fourth-order valence-electron chi connectivity index (χ4n) is 1.91. The van der Waals surface area contributed by atoms with E-state index in [2.05, 4.69) is 26.1 Å². The second-order valence-electron chi connectivity index (χ2n) is 4.32. The molecule has 5 nitrogen and oxygen atoms in total. The fourth-order valence-corrected chi connectivity index (χ4v) is 2.36. The van der Waals surface area contributed by atoms with Gasteiger partial charge >= 0.3 is 0 Å². The predicted molar refractivity (Wildman–Crippen MR) is 72.4 cm³/mol. The molecule has 1 aromatic carbocycles. The maximum atomic E-state index is 5.90. The summed E-state index contributed by atoms with van der Waals surface area (Å²) in [6.07, 6.45) is 2.29. The van der Waals surface area contributed by atoms with E-state index in [1.54, 1.807) is 11.9 Å². The Morgan fingerprint density at radius 2 is 2.17 bits per heavy atom. The molecule has 2 aromatic rings. The number of ether oxygens (including phenoxy) is 1. The van der Waals surface area contributed by atoms with Crippen molar-refractivity contribution in [3.63, 3.8) is 0 Å². The third kappa shape index (κ3) is 1.86. The lowest BCUT2D eigenvalue weighted by atomic mass is 10.1. The summed E-state index contributed by atoms with van der Waals surface area (Å²) in [5, 5.41) is 8.89. The minimum Gasteiger partial charge on any atom is -0.494 e. The highest BCUT2D eigenvalue weighted by atomic mass is 79.9. The van der Waals surface area contributed by atoms with Crippen LogP contribution in [0.3, 0.4) is 0 Å². The molecule has 1 saturated carbocycles. The van der Waals surface area contributed by atoms with Crippen molar-refractivity contribution >= 4 is 21.6 Å². The molecule has 0 aliphatic heterocycles. The number of nitrogen functional groups attached to an aromatic ring is 1. The smallest absolute Gasteiger partial charge is 0.156 e. The van der Waals surface area contributed by atoms with Gasteiger partial charge in [-0.25, -0.2) is 0 Å². The van der Waals surface area contributed by atoms with E-state index < -0.39 is 0 Å². The number of benzene rings is 1. The molecule has 2 N–H and O–H groups in total. The molecule has 0 atom stereocenters. The van der Waals surface area contributed by atoms with Crippen molar-refractivity contribution < 1.29 is 4.74 Å². The number of nitrogens with zero attached hydrogens (tertiary/aromatic N) is 3. The Labute approximate surface area is 113 Å². The summed E-state index contributed by atoms with van der Waals surface area (Å²) in [5.74, 6) is 0.640. The van der Waals surface area contributed by atoms with Gasteiger partial charge in [-0.05, 0) is 40.9 Å². The van der Waals surface area contributed by atoms with Gasteiger partial charge in [0.2, 0.25) is 0 Å². The standard InChI is InChI=1S/C12H13BrN4O/c1-18-11-8(3-2-4-9(11)14)10-12(13)16-17(15-10)7-5-6-7/h2-4,7H,5-6,14H2,1H3. The molecule has 0 amide bonds. The number of aromatic nitrogens is 3. The van der Waals surface area contributed by atoms with Crippen LogP contribution in [0.15, 0.2) is 22.8 Å². The highest BCUT2D eigenvalue weighted by Gasteiger charge is 2.28. The second kappa shape index (κ2) is 4.28. The number of anilines is 1. The van der Waals surface area contributed by atoms with Crippen LogP contribution in [0, 0.1) is 0 Å². The summed E-state index contributed by atoms with van der Waals surface area (Å²) in [6, 6.07) is 6.07. The SMILES string of the molecule is COc1c(N)cccc1-c1nn(C2CC2)nc1Br. The van der Waals surface area contributed by atoms with Crippen LogP contribution in [0.25, 0.3) is 11.3 Å². The van der Waals surface area contributed by atoms with E-state index >= 15 is 0 Å². The molecule has 0 spiro atoms. The number of nitrogens with two attached hydrogens (primary N) is 1. The molecule has 3 rings (SSSR count). The van der Waals surface area contributed by atoms with E-state index in [1.807, 2.05) is 18.2 Å². The van der Waals surface area contributed by atoms with E-state index in [0.717, 1.165) is 28.7 Å². The maximum absolute atomic E-state index is 5.90. The Kier molecular flexibility index (Phi) is 2.74. The molecule has 1 aliphatic carbocycles. The Morgan fingerprint density at radius 1 is 1.39 bits per heavy atom. The highest BCUT2D eigenvalue weighted by Crippen LogP contribution is 2.39. The molecule has 1 aliphatic rings. The zero-order valence-electron chi connectivity index (χ0n) is 9.93. The largest absolute Gasteiger partial charge is 0.494 e. The molecule has 6 heteroatoms. The summed E-state index contributed by atoms with van der Waals surface area (Å²) >= 11 is 3.45. The number of halogens is 1. The first-order chi connectivity index (χ1) is 8.70. The quantitative estimate of drug-likeness (QED) is 0.885. The van der Waals surface area contributed by atoms with E-state index in [0.29, 0.717) is 17.5 Å². The Balaban J connectivity index is 2.11. The van der Waals surface area contributed by atoms with Gasteiger partial charge in [0.15, 0.2) is 10.4 Å². The minimum absolute atomic E-state index is 0.446. The van der Waals surface area contributed by atoms with Crippen LogP contribution in [0.1, 0.15) is 18.9 Å². The lowest BCUT2D eigenvalue weighted by Gasteiger charge is -2.08. The third-order valence-corrected chi connectivity index (χ3v) is 3.50. The molecular weight excluding hydrogens is 296 g/mol. The number of hydrogen-bond donors (Lipinski definition) is 1. The molecule has 0 radical (unpaired) electrons. The van der Waals surface area contributed by atoms with E-state index in [9.17, 15) is 0 Å². The maximum Gasteiger partial charge on any atom is 0.156 e. The average molecular weight is 309 g/mol. The lowest BCUT2D eigenvalue weighted by Crippen LogP contribution is -1.99. The van der Waals surface area contributed by atoms with Crippen molar-refractivity contribution in [1.82, 2.24) is 15.0 Å². The lowest BCUT2D eigenvalue weighted by molar-refractivity contribution is 0.418. The topological polar surface area (TPSA) is 66.0 Å². The monoisotopic (exact) mass is 308 g/mol. The normalized spacial score (nSPS) is 14.8. The van der Waals surface area contributed by atoms with Gasteiger partial charge in [-0.1, -0.05) is 6.07 Å². The van der Waals surface area contributed by atoms with Crippen LogP contribution in [0.4, 0.5) is 5.69 Å². The average Bonchev–Trinajstić information content (AvgIpc) is 3.13. The van der Waals surface area contributed by atoms with E-state index in [1.165, 1.54) is 0 Å². The van der Waals surface area contributed by atoms with Gasteiger partial charge in [0.1, 0.15) is 5.69 Å². The number of methoxy groups -OCH3 is 1. The molecule has 18 heavy (non-hydrogen) atoms. The molecular formula is C12H13BrN4O. The minimum atomic E-state index is 0.446. The Bertz CT molecular complexity index is 592. The second-order valence-corrected chi connectivity index (χ2v) is 5.07. The van der Waals surface area contributed by atoms with Crippen LogP contribution in [0.2, 0.25) is 0 Å². The third-order valence-electron chi connectivity index (χ3n) is 2.97. The predicted octanol–water partition coefficient (Wildman–Crippen LogP) is 2.63. The summed E-state index contributed by atoms with van der Waals surface area (Å²) in [5.41, 5.74) is 8.13. The molecule has 1 heterocycles. The Hall–Kier alpha value is -1.56. The zero-order valence-corrected chi connectivity index (χ0v) is 11.5. The summed E-state index contributed by atoms with van der Waals surface area (Å²) in [6.45, 7) is 0. The van der Waals surface area contributed by atoms with E-state index in [4.69, 9.17) is 10.5 Å². The molecule has 1 aromatic heterocycles. The van der Waals surface area contributed by atoms with Crippen LogP contribution < -0.4 is 10.5 Å². The Morgan fingerprint density at radius 3 is 2.83 bits per heavy atom. The van der Waals surface area contributed by atoms with Gasteiger partial charge in [-0.3, -0.25) is 0 Å². The van der Waals surface area contributed by atoms with Gasteiger partial charge in [0.05, 0.1) is 18.8 Å². The molecule has 0 unspecified atom stereocenters. The first-order valence-electron chi connectivity index (χ1n) is 5.76. The van der Waals surface area contributed by atoms with Gasteiger partial charge in [0.25, 0.3) is 0 Å². The van der Waals surface area contributed by atoms with Gasteiger partial charge in [0, 0.05) is 5.56 Å². The first-order valence-corrected chi connectivity index (χ1v) is 6.55. The van der Waals surface area contributed by atoms with Crippen LogP contribution >= 0.6 is 15.9 Å². The molecule has 0 saturated heterocycles. The number of rotatable bonds is 3. The van der Waals surface area contributed by atoms with E-state index in [-0.39, 0.29) is 0 Å². The van der Waals surface area contributed by atoms with Gasteiger partial charge < -0.3 is 10.5 Å². The van der Waals surface area contributed by atoms with Crippen molar-refractivity contribution in [2.45, 2.75) is 18.9 Å². The molecule has 94 valence electrons. The van der Waals surface area contributed by atoms with Gasteiger partial charge in [-0.2, -0.15) is 9.90 Å². The van der Waals surface area contributed by atoms with Crippen LogP contribution in [0.5, 0.6) is 5.75 Å². The van der Waals surface area contributed by atoms with Crippen molar-refractivity contribution in [2.75, 3.05) is 12.8 Å². The zero-order chi connectivity index (χ0) is 12.7. The summed E-state index contributed by atoms with van der Waals surface area (Å²) < 4.78 is 6.07. The summed E-state index contributed by atoms with van der Waals surface area (Å²) in [4.78, 5) is 1.77. The summed E-state index contributed by atoms with van der Waals surface area (Å²) in [7, 11) is 1.61. The molecule has 0 bridgehead atoms. The van der Waals surface area contributed by atoms with Crippen molar-refractivity contribution in [1.29, 1.82) is 0 Å². The van der Waals surface area contributed by atoms with Crippen molar-refractivity contribution in [2.24, 2.45) is 0 Å². The highest BCUT2D eigenvalue weighted by molar-refractivity contribution is 9.10. The first kappa shape index (κ1) is 11.5. The van der Waals surface area contributed by atoms with Crippen LogP contribution in [-0.2, 0) is 0 Å². The molecule has 1 fully saturated rings. The van der Waals surface area contributed by atoms with Crippen LogP contribution in [-0.4, -0.2) is 22.1 Å². The van der Waals surface area contributed by atoms with Gasteiger partial charge in [-0.15, -0.1) is 5.10 Å². The fraction of sp³-hybridized carbons (Fsp3) is 0.333. The number of para-hydroxylation sites is 1. The van der Waals surface area contributed by atoms with Crippen molar-refractivity contribution in [3.05, 3.63) is 22.8 Å². The number of hydrogen-bond acceptors (Lipinski definition) is 4.